The number of esters is 1. The van der Waals surface area contributed by atoms with Crippen LogP contribution in [0, 0.1) is 0 Å². The molecule has 7 rings (SSSR count). The van der Waals surface area contributed by atoms with Crippen molar-refractivity contribution in [1.82, 2.24) is 5.16 Å². The number of fused-ring (bicyclic) bond motifs is 2. The topological polar surface area (TPSA) is 81.9 Å². The van der Waals surface area contributed by atoms with Crippen LogP contribution in [0.4, 0.5) is 11.4 Å². The molecule has 10 heteroatoms. The van der Waals surface area contributed by atoms with E-state index in [-0.39, 0.29) is 23.1 Å². The third kappa shape index (κ3) is 4.30. The number of nitrogens with zero attached hydrogens (tertiary/aromatic N) is 2. The second-order valence-electron chi connectivity index (χ2n) is 10.6. The summed E-state index contributed by atoms with van der Waals surface area (Å²) in [5.74, 6) is 1.17. The summed E-state index contributed by atoms with van der Waals surface area (Å²) in [4.78, 5) is 27.4. The maximum Gasteiger partial charge on any atom is 0.339 e. The summed E-state index contributed by atoms with van der Waals surface area (Å²) in [5.41, 5.74) is 3.95. The number of rotatable bonds is 7. The molecule has 208 valence electrons. The van der Waals surface area contributed by atoms with Gasteiger partial charge in [0.05, 0.1) is 50.1 Å². The van der Waals surface area contributed by atoms with Crippen LogP contribution >= 0.6 is 34.8 Å². The molecule has 2 fully saturated rings. The van der Waals surface area contributed by atoms with Crippen molar-refractivity contribution in [3.8, 4) is 17.0 Å². The fourth-order valence-electron chi connectivity index (χ4n) is 5.61. The van der Waals surface area contributed by atoms with Gasteiger partial charge in [0.1, 0.15) is 23.8 Å². The van der Waals surface area contributed by atoms with Gasteiger partial charge < -0.3 is 14.0 Å². The lowest BCUT2D eigenvalue weighted by Gasteiger charge is -2.19. The molecule has 1 aromatic heterocycles. The Morgan fingerprint density at radius 1 is 1.05 bits per heavy atom. The second kappa shape index (κ2) is 9.79. The van der Waals surface area contributed by atoms with E-state index in [1.165, 1.54) is 7.11 Å². The Hall–Kier alpha value is -3.52. The third-order valence-electron chi connectivity index (χ3n) is 8.05. The maximum atomic E-state index is 13.7. The Bertz CT molecular complexity index is 1720. The summed E-state index contributed by atoms with van der Waals surface area (Å²) < 4.78 is 16.9. The molecule has 0 saturated heterocycles. The summed E-state index contributed by atoms with van der Waals surface area (Å²) >= 11 is 19.4. The monoisotopic (exact) mass is 608 g/mol. The molecule has 1 amide bonds. The Balaban J connectivity index is 1.21. The molecule has 41 heavy (non-hydrogen) atoms. The average molecular weight is 610 g/mol. The van der Waals surface area contributed by atoms with Crippen LogP contribution < -0.4 is 9.64 Å². The molecule has 3 aliphatic rings. The number of hydrogen-bond donors (Lipinski definition) is 0. The highest BCUT2D eigenvalue weighted by Crippen LogP contribution is 2.59. The van der Waals surface area contributed by atoms with Gasteiger partial charge >= 0.3 is 5.97 Å². The molecule has 2 saturated carbocycles. The van der Waals surface area contributed by atoms with Crippen LogP contribution in [0.2, 0.25) is 15.1 Å². The first-order valence-electron chi connectivity index (χ1n) is 13.2. The second-order valence-corrected chi connectivity index (χ2v) is 11.8. The molecule has 0 bridgehead atoms. The van der Waals surface area contributed by atoms with Gasteiger partial charge in [0, 0.05) is 11.5 Å². The number of amides is 1. The number of ether oxygens (including phenoxy) is 2. The number of anilines is 2. The van der Waals surface area contributed by atoms with Crippen LogP contribution in [0.25, 0.3) is 11.3 Å². The zero-order chi connectivity index (χ0) is 28.5. The fraction of sp³-hybridized carbons (Fsp3) is 0.258. The lowest BCUT2D eigenvalue weighted by Crippen LogP contribution is -2.27. The molecule has 0 atom stereocenters. The molecule has 2 aliphatic carbocycles. The number of carbonyl (C=O) groups excluding carboxylic acids is 2. The number of carbonyl (C=O) groups is 2. The Labute approximate surface area is 250 Å². The van der Waals surface area contributed by atoms with Gasteiger partial charge in [-0.3, -0.25) is 9.69 Å². The van der Waals surface area contributed by atoms with E-state index in [4.69, 9.17) is 48.8 Å². The van der Waals surface area contributed by atoms with Crippen molar-refractivity contribution < 1.29 is 23.6 Å². The predicted octanol–water partition coefficient (Wildman–Crippen LogP) is 8.25. The van der Waals surface area contributed by atoms with Crippen molar-refractivity contribution in [1.29, 1.82) is 0 Å². The maximum absolute atomic E-state index is 13.7. The van der Waals surface area contributed by atoms with Gasteiger partial charge in [0.2, 0.25) is 5.91 Å². The van der Waals surface area contributed by atoms with Gasteiger partial charge in [0.15, 0.2) is 0 Å². The largest absolute Gasteiger partial charge is 0.489 e. The van der Waals surface area contributed by atoms with E-state index in [1.54, 1.807) is 41.3 Å². The molecule has 1 aliphatic heterocycles. The number of benzene rings is 3. The van der Waals surface area contributed by atoms with Crippen LogP contribution in [0.3, 0.4) is 0 Å². The average Bonchev–Trinajstić information content (AvgIpc) is 3.89. The highest BCUT2D eigenvalue weighted by atomic mass is 35.5. The number of hydrogen-bond acceptors (Lipinski definition) is 6. The van der Waals surface area contributed by atoms with Crippen LogP contribution in [0.1, 0.15) is 58.8 Å². The van der Waals surface area contributed by atoms with Crippen LogP contribution in [-0.4, -0.2) is 24.1 Å². The van der Waals surface area contributed by atoms with Gasteiger partial charge in [-0.05, 0) is 79.8 Å². The van der Waals surface area contributed by atoms with Crippen molar-refractivity contribution in [3.63, 3.8) is 0 Å². The van der Waals surface area contributed by atoms with E-state index in [1.807, 2.05) is 18.2 Å². The van der Waals surface area contributed by atoms with E-state index >= 15 is 0 Å². The van der Waals surface area contributed by atoms with Gasteiger partial charge in [-0.25, -0.2) is 4.79 Å². The summed E-state index contributed by atoms with van der Waals surface area (Å²) in [6, 6.07) is 15.9. The van der Waals surface area contributed by atoms with E-state index < -0.39 is 11.4 Å². The Morgan fingerprint density at radius 3 is 2.46 bits per heavy atom. The highest BCUT2D eigenvalue weighted by molar-refractivity contribution is 6.39. The van der Waals surface area contributed by atoms with Crippen LogP contribution in [0.5, 0.6) is 5.75 Å². The lowest BCUT2D eigenvalue weighted by molar-refractivity contribution is -0.119. The summed E-state index contributed by atoms with van der Waals surface area (Å²) in [5, 5.41) is 5.53. The van der Waals surface area contributed by atoms with Gasteiger partial charge in [-0.2, -0.15) is 0 Å². The fourth-order valence-corrected chi connectivity index (χ4v) is 6.44. The van der Waals surface area contributed by atoms with E-state index in [9.17, 15) is 9.59 Å². The van der Waals surface area contributed by atoms with Crippen LogP contribution in [-0.2, 0) is 21.6 Å². The van der Waals surface area contributed by atoms with Gasteiger partial charge in [0.25, 0.3) is 0 Å². The van der Waals surface area contributed by atoms with Crippen molar-refractivity contribution in [2.75, 3.05) is 12.0 Å². The molecule has 2 heterocycles. The molecule has 3 aromatic carbocycles. The first-order valence-corrected chi connectivity index (χ1v) is 14.4. The molecule has 0 radical (unpaired) electrons. The number of aromatic nitrogens is 1. The summed E-state index contributed by atoms with van der Waals surface area (Å²) in [6.45, 7) is 0.209. The molecular weight excluding hydrogens is 587 g/mol. The molecule has 0 unspecified atom stereocenters. The van der Waals surface area contributed by atoms with E-state index in [2.05, 4.69) is 5.16 Å². The SMILES string of the molecule is COC(=O)c1ccc(N2C(=O)C3(CC3)c3cc(OCc4c(-c5c(Cl)cccc5Cl)noc4C4CC4)ccc32)cc1Cl. The molecule has 7 nitrogen and oxygen atoms in total. The van der Waals surface area contributed by atoms with Crippen molar-refractivity contribution in [2.24, 2.45) is 0 Å². The van der Waals surface area contributed by atoms with E-state index in [0.29, 0.717) is 38.7 Å². The minimum Gasteiger partial charge on any atom is -0.489 e. The standard InChI is InChI=1S/C31H23Cl3N2O5/c1-39-29(37)19-9-7-17(13-24(19)34)36-25-10-8-18(14-21(25)31(11-12-31)30(36)38)40-15-20-27(35-41-28(20)16-5-6-16)26-22(32)3-2-4-23(26)33/h2-4,7-10,13-14,16H,5-6,11-12,15H2,1H3. The zero-order valence-corrected chi connectivity index (χ0v) is 24.1. The minimum atomic E-state index is -0.588. The molecule has 1 spiro atoms. The Morgan fingerprint density at radius 2 is 1.80 bits per heavy atom. The van der Waals surface area contributed by atoms with Crippen molar-refractivity contribution in [2.45, 2.75) is 43.6 Å². The highest BCUT2D eigenvalue weighted by Gasteiger charge is 2.59. The summed E-state index contributed by atoms with van der Waals surface area (Å²) in [7, 11) is 1.30. The van der Waals surface area contributed by atoms with Crippen molar-refractivity contribution >= 4 is 58.1 Å². The molecular formula is C31H23Cl3N2O5. The predicted molar refractivity (Wildman–Crippen MR) is 156 cm³/mol. The van der Waals surface area contributed by atoms with Crippen molar-refractivity contribution in [3.05, 3.63) is 92.1 Å². The first kappa shape index (κ1) is 26.4. The Kier molecular flexibility index (Phi) is 6.30. The molecule has 4 aromatic rings. The van der Waals surface area contributed by atoms with Gasteiger partial charge in [-0.1, -0.05) is 46.0 Å². The third-order valence-corrected chi connectivity index (χ3v) is 9.00. The first-order chi connectivity index (χ1) is 19.8. The smallest absolute Gasteiger partial charge is 0.339 e. The van der Waals surface area contributed by atoms with Gasteiger partial charge in [-0.15, -0.1) is 0 Å². The van der Waals surface area contributed by atoms with Crippen LogP contribution in [0.15, 0.2) is 59.1 Å². The number of halogens is 3. The lowest BCUT2D eigenvalue weighted by atomic mass is 9.98. The van der Waals surface area contributed by atoms with E-state index in [0.717, 1.165) is 48.3 Å². The zero-order valence-electron chi connectivity index (χ0n) is 21.9. The molecule has 0 N–H and O–H groups in total. The normalized spacial score (nSPS) is 16.7. The minimum absolute atomic E-state index is 0.0164. The number of methoxy groups -OCH3 is 1. The summed E-state index contributed by atoms with van der Waals surface area (Å²) in [6.07, 6.45) is 3.56. The quantitative estimate of drug-likeness (QED) is 0.196.